The van der Waals surface area contributed by atoms with Gasteiger partial charge >= 0.3 is 5.97 Å². The van der Waals surface area contributed by atoms with Crippen LogP contribution in [-0.4, -0.2) is 33.6 Å². The van der Waals surface area contributed by atoms with Crippen LogP contribution in [0.5, 0.6) is 0 Å². The van der Waals surface area contributed by atoms with Crippen molar-refractivity contribution in [2.24, 2.45) is 0 Å². The van der Waals surface area contributed by atoms with Crippen LogP contribution in [0.2, 0.25) is 0 Å². The third kappa shape index (κ3) is 3.40. The van der Waals surface area contributed by atoms with Crippen molar-refractivity contribution in [2.45, 2.75) is 45.1 Å². The van der Waals surface area contributed by atoms with Crippen molar-refractivity contribution >= 4 is 11.8 Å². The summed E-state index contributed by atoms with van der Waals surface area (Å²) in [5, 5.41) is 9.55. The maximum Gasteiger partial charge on any atom is 0.326 e. The number of carbonyl (C=O) groups is 1. The van der Waals surface area contributed by atoms with E-state index in [0.29, 0.717) is 6.42 Å². The Bertz CT molecular complexity index is 716. The fourth-order valence-corrected chi connectivity index (χ4v) is 3.08. The van der Waals surface area contributed by atoms with E-state index in [-0.39, 0.29) is 5.92 Å². The van der Waals surface area contributed by atoms with Gasteiger partial charge in [0, 0.05) is 24.1 Å². The maximum atomic E-state index is 11.6. The van der Waals surface area contributed by atoms with E-state index in [9.17, 15) is 9.90 Å². The normalized spacial score (nSPS) is 18.0. The molecule has 5 nitrogen and oxygen atoms in total. The predicted octanol–water partition coefficient (Wildman–Crippen LogP) is 3.71. The van der Waals surface area contributed by atoms with Gasteiger partial charge in [0.2, 0.25) is 0 Å². The van der Waals surface area contributed by atoms with E-state index in [1.165, 1.54) is 0 Å². The Morgan fingerprint density at radius 3 is 2.62 bits per heavy atom. The summed E-state index contributed by atoms with van der Waals surface area (Å²) in [6.45, 7) is 4.83. The van der Waals surface area contributed by atoms with Crippen molar-refractivity contribution in [2.75, 3.05) is 11.4 Å². The number of rotatable bonds is 4. The zero-order valence-corrected chi connectivity index (χ0v) is 14.1. The number of aliphatic carboxylic acids is 1. The summed E-state index contributed by atoms with van der Waals surface area (Å²) in [6.07, 6.45) is 2.60. The van der Waals surface area contributed by atoms with Gasteiger partial charge in [-0.3, -0.25) is 0 Å². The minimum Gasteiger partial charge on any atom is -0.480 e. The van der Waals surface area contributed by atoms with E-state index in [0.717, 1.165) is 42.3 Å². The fourth-order valence-electron chi connectivity index (χ4n) is 3.08. The van der Waals surface area contributed by atoms with Crippen molar-refractivity contribution in [3.63, 3.8) is 0 Å². The molecule has 1 fully saturated rings. The molecule has 1 aliphatic heterocycles. The van der Waals surface area contributed by atoms with Gasteiger partial charge in [-0.1, -0.05) is 44.2 Å². The van der Waals surface area contributed by atoms with Crippen molar-refractivity contribution in [3.8, 4) is 11.3 Å². The molecular weight excluding hydrogens is 302 g/mol. The van der Waals surface area contributed by atoms with Gasteiger partial charge in [0.25, 0.3) is 0 Å². The first kappa shape index (κ1) is 16.4. The molecular formula is C19H23N3O2. The monoisotopic (exact) mass is 325 g/mol. The van der Waals surface area contributed by atoms with Gasteiger partial charge < -0.3 is 10.0 Å². The minimum absolute atomic E-state index is 0.181. The van der Waals surface area contributed by atoms with Gasteiger partial charge in [-0.25, -0.2) is 14.8 Å². The molecule has 5 heteroatoms. The molecule has 0 amide bonds. The summed E-state index contributed by atoms with van der Waals surface area (Å²) in [6, 6.07) is 11.4. The van der Waals surface area contributed by atoms with E-state index in [1.807, 2.05) is 41.3 Å². The molecule has 0 bridgehead atoms. The van der Waals surface area contributed by atoms with Crippen LogP contribution < -0.4 is 4.90 Å². The molecule has 2 heterocycles. The lowest BCUT2D eigenvalue weighted by Crippen LogP contribution is -2.45. The number of hydrogen-bond donors (Lipinski definition) is 1. The van der Waals surface area contributed by atoms with Gasteiger partial charge in [-0.15, -0.1) is 0 Å². The Morgan fingerprint density at radius 2 is 1.96 bits per heavy atom. The molecule has 1 saturated heterocycles. The average molecular weight is 325 g/mol. The quantitative estimate of drug-likeness (QED) is 0.928. The third-order valence-corrected chi connectivity index (χ3v) is 4.40. The number of carboxylic acid groups (broad SMARTS) is 1. The second kappa shape index (κ2) is 6.99. The van der Waals surface area contributed by atoms with E-state index in [4.69, 9.17) is 0 Å². The number of benzene rings is 1. The Labute approximate surface area is 142 Å². The van der Waals surface area contributed by atoms with Gasteiger partial charge in [0.05, 0.1) is 5.69 Å². The number of piperidine rings is 1. The van der Waals surface area contributed by atoms with Crippen LogP contribution in [0.1, 0.15) is 44.9 Å². The second-order valence-electron chi connectivity index (χ2n) is 6.53. The molecule has 1 unspecified atom stereocenters. The van der Waals surface area contributed by atoms with Crippen molar-refractivity contribution in [1.29, 1.82) is 0 Å². The van der Waals surface area contributed by atoms with Crippen molar-refractivity contribution in [1.82, 2.24) is 9.97 Å². The number of aromatic nitrogens is 2. The van der Waals surface area contributed by atoms with E-state index in [1.54, 1.807) is 0 Å². The lowest BCUT2D eigenvalue weighted by Gasteiger charge is -2.34. The van der Waals surface area contributed by atoms with Crippen LogP contribution in [0.3, 0.4) is 0 Å². The summed E-state index contributed by atoms with van der Waals surface area (Å²) in [4.78, 5) is 22.9. The Morgan fingerprint density at radius 1 is 1.21 bits per heavy atom. The first-order valence-corrected chi connectivity index (χ1v) is 8.50. The summed E-state index contributed by atoms with van der Waals surface area (Å²) in [7, 11) is 0. The SMILES string of the molecule is CC(C)c1nc(-c2ccccc2)cc(N2CCCCC2C(=O)O)n1. The number of hydrogen-bond acceptors (Lipinski definition) is 4. The van der Waals surface area contributed by atoms with E-state index in [2.05, 4.69) is 23.8 Å². The lowest BCUT2D eigenvalue weighted by molar-refractivity contribution is -0.139. The van der Waals surface area contributed by atoms with Crippen LogP contribution in [0.4, 0.5) is 5.82 Å². The van der Waals surface area contributed by atoms with E-state index >= 15 is 0 Å². The van der Waals surface area contributed by atoms with Gasteiger partial charge in [0.15, 0.2) is 0 Å². The molecule has 126 valence electrons. The summed E-state index contributed by atoms with van der Waals surface area (Å²) in [5.41, 5.74) is 1.87. The number of anilines is 1. The summed E-state index contributed by atoms with van der Waals surface area (Å²) >= 11 is 0. The Kier molecular flexibility index (Phi) is 4.79. The highest BCUT2D eigenvalue weighted by molar-refractivity contribution is 5.78. The van der Waals surface area contributed by atoms with Crippen molar-refractivity contribution in [3.05, 3.63) is 42.2 Å². The van der Waals surface area contributed by atoms with Crippen LogP contribution in [0.15, 0.2) is 36.4 Å². The molecule has 0 saturated carbocycles. The molecule has 1 aromatic heterocycles. The first-order chi connectivity index (χ1) is 11.6. The molecule has 3 rings (SSSR count). The van der Waals surface area contributed by atoms with Crippen LogP contribution >= 0.6 is 0 Å². The smallest absolute Gasteiger partial charge is 0.326 e. The molecule has 2 aromatic rings. The Balaban J connectivity index is 2.06. The predicted molar refractivity (Wildman–Crippen MR) is 94.2 cm³/mol. The number of carboxylic acids is 1. The zero-order valence-electron chi connectivity index (χ0n) is 14.1. The largest absolute Gasteiger partial charge is 0.480 e. The highest BCUT2D eigenvalue weighted by Gasteiger charge is 2.30. The summed E-state index contributed by atoms with van der Waals surface area (Å²) < 4.78 is 0. The molecule has 0 aliphatic carbocycles. The molecule has 24 heavy (non-hydrogen) atoms. The van der Waals surface area contributed by atoms with E-state index < -0.39 is 12.0 Å². The van der Waals surface area contributed by atoms with Gasteiger partial charge in [0.1, 0.15) is 17.7 Å². The van der Waals surface area contributed by atoms with Crippen molar-refractivity contribution < 1.29 is 9.90 Å². The highest BCUT2D eigenvalue weighted by atomic mass is 16.4. The topological polar surface area (TPSA) is 66.3 Å². The molecule has 0 radical (unpaired) electrons. The average Bonchev–Trinajstić information content (AvgIpc) is 2.62. The first-order valence-electron chi connectivity index (χ1n) is 8.50. The van der Waals surface area contributed by atoms with Crippen LogP contribution in [0, 0.1) is 0 Å². The number of nitrogens with zero attached hydrogens (tertiary/aromatic N) is 3. The molecule has 1 N–H and O–H groups in total. The second-order valence-corrected chi connectivity index (χ2v) is 6.53. The Hall–Kier alpha value is -2.43. The van der Waals surface area contributed by atoms with Gasteiger partial charge in [-0.2, -0.15) is 0 Å². The van der Waals surface area contributed by atoms with Crippen LogP contribution in [0.25, 0.3) is 11.3 Å². The zero-order chi connectivity index (χ0) is 17.1. The van der Waals surface area contributed by atoms with Gasteiger partial charge in [-0.05, 0) is 19.3 Å². The highest BCUT2D eigenvalue weighted by Crippen LogP contribution is 2.28. The third-order valence-electron chi connectivity index (χ3n) is 4.40. The summed E-state index contributed by atoms with van der Waals surface area (Å²) in [5.74, 6) is 0.877. The van der Waals surface area contributed by atoms with Crippen LogP contribution in [-0.2, 0) is 4.79 Å². The maximum absolute atomic E-state index is 11.6. The minimum atomic E-state index is -0.777. The molecule has 0 spiro atoms. The fraction of sp³-hybridized carbons (Fsp3) is 0.421. The lowest BCUT2D eigenvalue weighted by atomic mass is 10.0. The molecule has 1 atom stereocenters. The molecule has 1 aliphatic rings. The molecule has 1 aromatic carbocycles. The standard InChI is InChI=1S/C19H23N3O2/c1-13(2)18-20-15(14-8-4-3-5-9-14)12-17(21-18)22-11-7-6-10-16(22)19(23)24/h3-5,8-9,12-13,16H,6-7,10-11H2,1-2H3,(H,23,24).